The van der Waals surface area contributed by atoms with Crippen molar-refractivity contribution < 1.29 is 4.52 Å². The predicted octanol–water partition coefficient (Wildman–Crippen LogP) is 3.86. The Morgan fingerprint density at radius 2 is 1.85 bits per heavy atom. The predicted molar refractivity (Wildman–Crippen MR) is 111 cm³/mol. The fourth-order valence-corrected chi connectivity index (χ4v) is 3.25. The largest absolute Gasteiger partial charge is 0.361 e. The Hall–Kier alpha value is -2.82. The minimum absolute atomic E-state index is 0.672. The van der Waals surface area contributed by atoms with Crippen molar-refractivity contribution in [3.8, 4) is 0 Å². The van der Waals surface area contributed by atoms with Crippen molar-refractivity contribution in [2.45, 2.75) is 39.7 Å². The first-order valence-corrected chi connectivity index (χ1v) is 9.63. The number of nitrogens with zero attached hydrogens (tertiary/aromatic N) is 2. The van der Waals surface area contributed by atoms with E-state index in [1.165, 1.54) is 16.3 Å². The molecule has 27 heavy (non-hydrogen) atoms. The molecule has 2 aromatic carbocycles. The quantitative estimate of drug-likeness (QED) is 0.494. The van der Waals surface area contributed by atoms with Crippen LogP contribution in [-0.2, 0) is 25.8 Å². The summed E-state index contributed by atoms with van der Waals surface area (Å²) in [6.07, 6.45) is 2.66. The SMILES string of the molecule is CCc1noc(CC)c1CNC(=NC)NCCc1ccc2ccccc2c1. The summed E-state index contributed by atoms with van der Waals surface area (Å²) < 4.78 is 5.43. The van der Waals surface area contributed by atoms with Crippen molar-refractivity contribution in [2.75, 3.05) is 13.6 Å². The number of aromatic nitrogens is 1. The van der Waals surface area contributed by atoms with Crippen LogP contribution in [-0.4, -0.2) is 24.7 Å². The molecular weight excluding hydrogens is 336 g/mol. The summed E-state index contributed by atoms with van der Waals surface area (Å²) in [6, 6.07) is 15.1. The van der Waals surface area contributed by atoms with Crippen LogP contribution in [0.3, 0.4) is 0 Å². The van der Waals surface area contributed by atoms with Gasteiger partial charge in [-0.15, -0.1) is 0 Å². The first kappa shape index (κ1) is 19.0. The van der Waals surface area contributed by atoms with Gasteiger partial charge in [0.25, 0.3) is 0 Å². The Kier molecular flexibility index (Phi) is 6.47. The maximum Gasteiger partial charge on any atom is 0.191 e. The zero-order valence-electron chi connectivity index (χ0n) is 16.4. The average Bonchev–Trinajstić information content (AvgIpc) is 3.12. The van der Waals surface area contributed by atoms with Gasteiger partial charge in [-0.3, -0.25) is 4.99 Å². The molecule has 0 unspecified atom stereocenters. The van der Waals surface area contributed by atoms with Crippen molar-refractivity contribution in [1.82, 2.24) is 15.8 Å². The van der Waals surface area contributed by atoms with Crippen molar-refractivity contribution in [2.24, 2.45) is 4.99 Å². The Labute approximate surface area is 160 Å². The van der Waals surface area contributed by atoms with E-state index in [1.54, 1.807) is 7.05 Å². The van der Waals surface area contributed by atoms with Crippen LogP contribution in [0.15, 0.2) is 52.0 Å². The molecule has 0 aliphatic rings. The van der Waals surface area contributed by atoms with E-state index in [-0.39, 0.29) is 0 Å². The second-order valence-corrected chi connectivity index (χ2v) is 6.52. The molecule has 1 aromatic heterocycles. The summed E-state index contributed by atoms with van der Waals surface area (Å²) in [6.45, 7) is 5.67. The zero-order chi connectivity index (χ0) is 19.1. The summed E-state index contributed by atoms with van der Waals surface area (Å²) in [5.74, 6) is 1.74. The van der Waals surface area contributed by atoms with Gasteiger partial charge in [-0.25, -0.2) is 0 Å². The second-order valence-electron chi connectivity index (χ2n) is 6.52. The molecule has 0 aliphatic carbocycles. The molecule has 0 aliphatic heterocycles. The smallest absolute Gasteiger partial charge is 0.191 e. The lowest BCUT2D eigenvalue weighted by atomic mass is 10.1. The normalized spacial score (nSPS) is 11.7. The average molecular weight is 364 g/mol. The van der Waals surface area contributed by atoms with E-state index < -0.39 is 0 Å². The Bertz CT molecular complexity index is 892. The zero-order valence-corrected chi connectivity index (χ0v) is 16.4. The van der Waals surface area contributed by atoms with Gasteiger partial charge in [-0.2, -0.15) is 0 Å². The van der Waals surface area contributed by atoms with Crippen molar-refractivity contribution in [3.63, 3.8) is 0 Å². The van der Waals surface area contributed by atoms with Crippen LogP contribution in [0.1, 0.15) is 36.4 Å². The van der Waals surface area contributed by atoms with Gasteiger partial charge in [0.15, 0.2) is 5.96 Å². The van der Waals surface area contributed by atoms with Crippen LogP contribution in [0.5, 0.6) is 0 Å². The van der Waals surface area contributed by atoms with E-state index in [0.717, 1.165) is 48.8 Å². The number of nitrogens with one attached hydrogen (secondary N) is 2. The summed E-state index contributed by atoms with van der Waals surface area (Å²) >= 11 is 0. The Morgan fingerprint density at radius 3 is 2.59 bits per heavy atom. The standard InChI is InChI=1S/C22H28N4O/c1-4-20-19(21(5-2)27-26-20)15-25-22(23-3)24-13-12-16-10-11-17-8-6-7-9-18(17)14-16/h6-11,14H,4-5,12-13,15H2,1-3H3,(H2,23,24,25). The molecule has 3 aromatic rings. The molecule has 0 amide bonds. The first-order valence-electron chi connectivity index (χ1n) is 9.63. The molecule has 0 radical (unpaired) electrons. The van der Waals surface area contributed by atoms with E-state index in [9.17, 15) is 0 Å². The highest BCUT2D eigenvalue weighted by atomic mass is 16.5. The first-order chi connectivity index (χ1) is 13.2. The number of benzene rings is 2. The molecule has 2 N–H and O–H groups in total. The highest BCUT2D eigenvalue weighted by Gasteiger charge is 2.13. The highest BCUT2D eigenvalue weighted by molar-refractivity contribution is 5.83. The molecule has 142 valence electrons. The highest BCUT2D eigenvalue weighted by Crippen LogP contribution is 2.16. The van der Waals surface area contributed by atoms with Gasteiger partial charge in [0.2, 0.25) is 0 Å². The van der Waals surface area contributed by atoms with Gasteiger partial charge in [0.1, 0.15) is 5.76 Å². The van der Waals surface area contributed by atoms with Crippen LogP contribution in [0, 0.1) is 0 Å². The number of hydrogen-bond donors (Lipinski definition) is 2. The van der Waals surface area contributed by atoms with E-state index in [1.807, 2.05) is 0 Å². The summed E-state index contributed by atoms with van der Waals surface area (Å²) in [5, 5.41) is 13.5. The molecule has 0 spiro atoms. The van der Waals surface area contributed by atoms with Crippen LogP contribution in [0.2, 0.25) is 0 Å². The number of fused-ring (bicyclic) bond motifs is 1. The van der Waals surface area contributed by atoms with E-state index in [0.29, 0.717) is 6.54 Å². The fraction of sp³-hybridized carbons (Fsp3) is 0.364. The van der Waals surface area contributed by atoms with Crippen molar-refractivity contribution in [3.05, 3.63) is 65.0 Å². The van der Waals surface area contributed by atoms with Crippen LogP contribution in [0.4, 0.5) is 0 Å². The lowest BCUT2D eigenvalue weighted by molar-refractivity contribution is 0.380. The maximum atomic E-state index is 5.43. The van der Waals surface area contributed by atoms with Gasteiger partial charge in [-0.05, 0) is 29.2 Å². The van der Waals surface area contributed by atoms with E-state index in [2.05, 4.69) is 77.1 Å². The molecule has 0 fully saturated rings. The van der Waals surface area contributed by atoms with Gasteiger partial charge < -0.3 is 15.2 Å². The molecule has 5 heteroatoms. The topological polar surface area (TPSA) is 62.5 Å². The minimum atomic E-state index is 0.672. The Morgan fingerprint density at radius 1 is 1.04 bits per heavy atom. The monoisotopic (exact) mass is 364 g/mol. The lowest BCUT2D eigenvalue weighted by Crippen LogP contribution is -2.38. The number of aliphatic imine (C=N–C) groups is 1. The lowest BCUT2D eigenvalue weighted by Gasteiger charge is -2.12. The summed E-state index contributed by atoms with van der Waals surface area (Å²) in [5.41, 5.74) is 3.49. The molecule has 5 nitrogen and oxygen atoms in total. The Balaban J connectivity index is 1.54. The van der Waals surface area contributed by atoms with Gasteiger partial charge >= 0.3 is 0 Å². The number of guanidine groups is 1. The van der Waals surface area contributed by atoms with Gasteiger partial charge in [-0.1, -0.05) is 61.5 Å². The van der Waals surface area contributed by atoms with Gasteiger partial charge in [0, 0.05) is 32.1 Å². The third-order valence-corrected chi connectivity index (χ3v) is 4.78. The molecule has 1 heterocycles. The fourth-order valence-electron chi connectivity index (χ4n) is 3.25. The van der Waals surface area contributed by atoms with Crippen LogP contribution < -0.4 is 10.6 Å². The van der Waals surface area contributed by atoms with E-state index in [4.69, 9.17) is 4.52 Å². The minimum Gasteiger partial charge on any atom is -0.361 e. The molecule has 3 rings (SSSR count). The third-order valence-electron chi connectivity index (χ3n) is 4.78. The van der Waals surface area contributed by atoms with Crippen LogP contribution in [0.25, 0.3) is 10.8 Å². The van der Waals surface area contributed by atoms with Gasteiger partial charge in [0.05, 0.1) is 5.69 Å². The third kappa shape index (κ3) is 4.67. The molecular formula is C22H28N4O. The van der Waals surface area contributed by atoms with Crippen molar-refractivity contribution in [1.29, 1.82) is 0 Å². The molecule has 0 saturated heterocycles. The summed E-state index contributed by atoms with van der Waals surface area (Å²) in [4.78, 5) is 4.32. The summed E-state index contributed by atoms with van der Waals surface area (Å²) in [7, 11) is 1.79. The van der Waals surface area contributed by atoms with E-state index >= 15 is 0 Å². The molecule has 0 atom stereocenters. The number of aryl methyl sites for hydroxylation is 2. The second kappa shape index (κ2) is 9.21. The number of rotatable bonds is 7. The maximum absolute atomic E-state index is 5.43. The molecule has 0 saturated carbocycles. The number of hydrogen-bond acceptors (Lipinski definition) is 3. The molecule has 0 bridgehead atoms. The van der Waals surface area contributed by atoms with Crippen molar-refractivity contribution >= 4 is 16.7 Å². The van der Waals surface area contributed by atoms with Crippen LogP contribution >= 0.6 is 0 Å².